The summed E-state index contributed by atoms with van der Waals surface area (Å²) >= 11 is 0. The number of nitrogens with one attached hydrogen (secondary N) is 1. The lowest BCUT2D eigenvalue weighted by Crippen LogP contribution is -2.39. The Balaban J connectivity index is 1.99. The van der Waals surface area contributed by atoms with Gasteiger partial charge in [-0.25, -0.2) is 4.79 Å². The highest BCUT2D eigenvalue weighted by molar-refractivity contribution is 5.92. The van der Waals surface area contributed by atoms with E-state index in [2.05, 4.69) is 11.9 Å². The molecule has 1 amide bonds. The van der Waals surface area contributed by atoms with Gasteiger partial charge in [0.2, 0.25) is 5.91 Å². The average Bonchev–Trinajstić information content (AvgIpc) is 2.70. The van der Waals surface area contributed by atoms with Crippen LogP contribution < -0.4 is 10.2 Å². The van der Waals surface area contributed by atoms with Crippen molar-refractivity contribution in [2.24, 2.45) is 5.92 Å². The van der Waals surface area contributed by atoms with E-state index in [1.165, 1.54) is 18.2 Å². The third-order valence-electron chi connectivity index (χ3n) is 4.86. The second-order valence-corrected chi connectivity index (χ2v) is 6.78. The van der Waals surface area contributed by atoms with Gasteiger partial charge >= 0.3 is 12.1 Å². The van der Waals surface area contributed by atoms with Crippen LogP contribution in [0.3, 0.4) is 0 Å². The molecule has 2 aromatic carbocycles. The fourth-order valence-corrected chi connectivity index (χ4v) is 3.48. The van der Waals surface area contributed by atoms with E-state index in [-0.39, 0.29) is 23.9 Å². The van der Waals surface area contributed by atoms with E-state index in [1.54, 1.807) is 17.0 Å². The number of hydrogen-bond acceptors (Lipinski definition) is 3. The second-order valence-electron chi connectivity index (χ2n) is 6.78. The van der Waals surface area contributed by atoms with E-state index in [1.807, 2.05) is 0 Å². The summed E-state index contributed by atoms with van der Waals surface area (Å²) in [7, 11) is 0. The number of hydrogen-bond donors (Lipinski definition) is 2. The van der Waals surface area contributed by atoms with Gasteiger partial charge in [-0.2, -0.15) is 13.2 Å². The first-order valence-corrected chi connectivity index (χ1v) is 8.91. The van der Waals surface area contributed by atoms with Gasteiger partial charge in [-0.3, -0.25) is 4.79 Å². The predicted octanol–water partition coefficient (Wildman–Crippen LogP) is 4.02. The predicted molar refractivity (Wildman–Crippen MR) is 102 cm³/mol. The van der Waals surface area contributed by atoms with Gasteiger partial charge in [0, 0.05) is 24.5 Å². The maximum absolute atomic E-state index is 12.9. The number of carboxylic acid groups (broad SMARTS) is 1. The first kappa shape index (κ1) is 20.4. The van der Waals surface area contributed by atoms with Gasteiger partial charge in [-0.1, -0.05) is 12.6 Å². The summed E-state index contributed by atoms with van der Waals surface area (Å²) in [5.74, 6) is -1.55. The number of fused-ring (bicyclic) bond motifs is 1. The van der Waals surface area contributed by atoms with Crippen LogP contribution in [0.4, 0.5) is 24.5 Å². The molecule has 1 aliphatic rings. The standard InChI is InChI=1S/C21H19F3N2O3/c1-2-19(27)25-11-13-10-17-16(20(28)29)4-3-5-18(17)26(12-13)15-8-6-14(7-9-15)21(22,23)24/h2-9,13H,1,10-12H2,(H,25,27)(H,28,29)/t13-/m1/s1. The maximum Gasteiger partial charge on any atom is 0.416 e. The lowest BCUT2D eigenvalue weighted by molar-refractivity contribution is -0.137. The Bertz CT molecular complexity index is 939. The zero-order valence-corrected chi connectivity index (χ0v) is 15.4. The fourth-order valence-electron chi connectivity index (χ4n) is 3.48. The molecule has 0 bridgehead atoms. The lowest BCUT2D eigenvalue weighted by atomic mass is 9.88. The molecule has 0 fully saturated rings. The number of benzene rings is 2. The van der Waals surface area contributed by atoms with Gasteiger partial charge in [0.1, 0.15) is 0 Å². The van der Waals surface area contributed by atoms with Gasteiger partial charge in [0.15, 0.2) is 0 Å². The van der Waals surface area contributed by atoms with Crippen LogP contribution in [0, 0.1) is 5.92 Å². The molecule has 1 heterocycles. The molecule has 1 aliphatic heterocycles. The third kappa shape index (κ3) is 4.42. The van der Waals surface area contributed by atoms with Gasteiger partial charge < -0.3 is 15.3 Å². The summed E-state index contributed by atoms with van der Waals surface area (Å²) in [4.78, 5) is 25.0. The number of carbonyl (C=O) groups is 2. The van der Waals surface area contributed by atoms with Crippen LogP contribution in [-0.4, -0.2) is 30.1 Å². The summed E-state index contributed by atoms with van der Waals surface area (Å²) < 4.78 is 38.7. The average molecular weight is 404 g/mol. The largest absolute Gasteiger partial charge is 0.478 e. The molecule has 8 heteroatoms. The van der Waals surface area contributed by atoms with Crippen LogP contribution in [0.25, 0.3) is 0 Å². The minimum absolute atomic E-state index is 0.130. The summed E-state index contributed by atoms with van der Waals surface area (Å²) in [6.07, 6.45) is -2.87. The van der Waals surface area contributed by atoms with E-state index in [0.717, 1.165) is 18.2 Å². The molecule has 0 unspecified atom stereocenters. The summed E-state index contributed by atoms with van der Waals surface area (Å²) in [5.41, 5.74) is 1.12. The Kier molecular flexibility index (Phi) is 5.63. The van der Waals surface area contributed by atoms with Crippen molar-refractivity contribution in [1.29, 1.82) is 0 Å². The first-order chi connectivity index (χ1) is 13.7. The Morgan fingerprint density at radius 2 is 1.90 bits per heavy atom. The highest BCUT2D eigenvalue weighted by Gasteiger charge is 2.32. The normalized spacial score (nSPS) is 16.1. The van der Waals surface area contributed by atoms with Crippen molar-refractivity contribution >= 4 is 23.3 Å². The summed E-state index contributed by atoms with van der Waals surface area (Å²) in [5, 5.41) is 12.2. The molecule has 0 saturated carbocycles. The Hall–Kier alpha value is -3.29. The van der Waals surface area contributed by atoms with Crippen molar-refractivity contribution in [2.45, 2.75) is 12.6 Å². The molecule has 29 heavy (non-hydrogen) atoms. The Morgan fingerprint density at radius 1 is 1.21 bits per heavy atom. The minimum atomic E-state index is -4.44. The number of amides is 1. The third-order valence-corrected chi connectivity index (χ3v) is 4.86. The van der Waals surface area contributed by atoms with Crippen LogP contribution in [0.5, 0.6) is 0 Å². The van der Waals surface area contributed by atoms with Crippen molar-refractivity contribution in [3.8, 4) is 0 Å². The monoisotopic (exact) mass is 404 g/mol. The van der Waals surface area contributed by atoms with Crippen LogP contribution in [0.15, 0.2) is 55.1 Å². The van der Waals surface area contributed by atoms with Crippen LogP contribution in [0.1, 0.15) is 21.5 Å². The van der Waals surface area contributed by atoms with Crippen LogP contribution >= 0.6 is 0 Å². The van der Waals surface area contributed by atoms with Crippen LogP contribution in [-0.2, 0) is 17.4 Å². The van der Waals surface area contributed by atoms with Crippen molar-refractivity contribution in [2.75, 3.05) is 18.0 Å². The number of nitrogens with zero attached hydrogens (tertiary/aromatic N) is 1. The molecule has 0 aliphatic carbocycles. The molecule has 3 rings (SSSR count). The van der Waals surface area contributed by atoms with E-state index in [4.69, 9.17) is 0 Å². The Labute approximate surface area is 165 Å². The molecule has 0 spiro atoms. The number of aromatic carboxylic acids is 1. The molecule has 2 N–H and O–H groups in total. The number of carbonyl (C=O) groups excluding carboxylic acids is 1. The van der Waals surface area contributed by atoms with E-state index < -0.39 is 17.7 Å². The molecule has 1 atom stereocenters. The minimum Gasteiger partial charge on any atom is -0.478 e. The Morgan fingerprint density at radius 3 is 2.48 bits per heavy atom. The summed E-state index contributed by atoms with van der Waals surface area (Å²) in [6.45, 7) is 4.10. The molecule has 152 valence electrons. The smallest absolute Gasteiger partial charge is 0.416 e. The van der Waals surface area contributed by atoms with Crippen molar-refractivity contribution in [1.82, 2.24) is 5.32 Å². The summed E-state index contributed by atoms with van der Waals surface area (Å²) in [6, 6.07) is 9.59. The molecular weight excluding hydrogens is 385 g/mol. The second kappa shape index (κ2) is 7.98. The number of carboxylic acids is 1. The topological polar surface area (TPSA) is 69.6 Å². The number of alkyl halides is 3. The molecule has 0 saturated heterocycles. The van der Waals surface area contributed by atoms with Gasteiger partial charge in [-0.15, -0.1) is 0 Å². The first-order valence-electron chi connectivity index (χ1n) is 8.91. The fraction of sp³-hybridized carbons (Fsp3) is 0.238. The van der Waals surface area contributed by atoms with Crippen molar-refractivity contribution < 1.29 is 27.9 Å². The van der Waals surface area contributed by atoms with Crippen molar-refractivity contribution in [3.63, 3.8) is 0 Å². The highest BCUT2D eigenvalue weighted by Crippen LogP contribution is 2.38. The number of anilines is 2. The van der Waals surface area contributed by atoms with E-state index in [0.29, 0.717) is 29.9 Å². The van der Waals surface area contributed by atoms with Gasteiger partial charge in [0.05, 0.1) is 11.1 Å². The van der Waals surface area contributed by atoms with Gasteiger partial charge in [-0.05, 0) is 60.4 Å². The molecule has 0 aromatic heterocycles. The van der Waals surface area contributed by atoms with E-state index in [9.17, 15) is 27.9 Å². The SMILES string of the molecule is C=CC(=O)NC[C@H]1Cc2c(C(=O)O)cccc2N(c2ccc(C(F)(F)F)cc2)C1. The molecule has 2 aromatic rings. The molecule has 0 radical (unpaired) electrons. The zero-order valence-electron chi connectivity index (χ0n) is 15.4. The molecule has 5 nitrogen and oxygen atoms in total. The van der Waals surface area contributed by atoms with Gasteiger partial charge in [0.25, 0.3) is 0 Å². The quantitative estimate of drug-likeness (QED) is 0.739. The number of rotatable bonds is 5. The number of halogens is 3. The zero-order chi connectivity index (χ0) is 21.2. The maximum atomic E-state index is 12.9. The highest BCUT2D eigenvalue weighted by atomic mass is 19.4. The van der Waals surface area contributed by atoms with Crippen molar-refractivity contribution in [3.05, 3.63) is 71.8 Å². The lowest BCUT2D eigenvalue weighted by Gasteiger charge is -2.37. The molecular formula is C21H19F3N2O3. The van der Waals surface area contributed by atoms with Crippen LogP contribution in [0.2, 0.25) is 0 Å². The van der Waals surface area contributed by atoms with E-state index >= 15 is 0 Å².